The number of rotatable bonds is 9. The molecule has 0 radical (unpaired) electrons. The Bertz CT molecular complexity index is 1140. The highest BCUT2D eigenvalue weighted by atomic mass is 32.1. The number of ether oxygens (including phenoxy) is 1. The summed E-state index contributed by atoms with van der Waals surface area (Å²) in [7, 11) is 0. The second kappa shape index (κ2) is 10.7. The van der Waals surface area contributed by atoms with E-state index >= 15 is 0 Å². The summed E-state index contributed by atoms with van der Waals surface area (Å²) in [6, 6.07) is 18.2. The van der Waals surface area contributed by atoms with Crippen LogP contribution in [-0.2, 0) is 4.79 Å². The van der Waals surface area contributed by atoms with Crippen LogP contribution in [0.4, 0.5) is 5.95 Å². The average molecular weight is 478 g/mol. The van der Waals surface area contributed by atoms with Crippen LogP contribution in [0, 0.1) is 0 Å². The molecule has 0 atom stereocenters. The van der Waals surface area contributed by atoms with Gasteiger partial charge in [0.15, 0.2) is 5.11 Å². The third kappa shape index (κ3) is 5.94. The standard InChI is InChI=1S/C26H31N5O2S/c1-4-33-22-12-8-11-21(15-22)30-16-23(19-9-6-5-7-10-19)28-25(30)29-24(32)17-31(20-13-14-20)26(34)27-18(2)3/h5-12,15-16,18,20H,4,13-14,17H2,1-3H3,(H,27,34)(H,28,29,32). The van der Waals surface area contributed by atoms with E-state index in [1.54, 1.807) is 0 Å². The summed E-state index contributed by atoms with van der Waals surface area (Å²) >= 11 is 5.56. The molecule has 1 fully saturated rings. The number of benzene rings is 2. The number of anilines is 1. The molecule has 0 spiro atoms. The van der Waals surface area contributed by atoms with Crippen molar-refractivity contribution in [2.45, 2.75) is 45.7 Å². The highest BCUT2D eigenvalue weighted by molar-refractivity contribution is 7.80. The van der Waals surface area contributed by atoms with Gasteiger partial charge in [-0.1, -0.05) is 36.4 Å². The van der Waals surface area contributed by atoms with Crippen molar-refractivity contribution in [3.63, 3.8) is 0 Å². The minimum Gasteiger partial charge on any atom is -0.494 e. The van der Waals surface area contributed by atoms with Gasteiger partial charge in [0.05, 0.1) is 24.5 Å². The van der Waals surface area contributed by atoms with Gasteiger partial charge in [-0.25, -0.2) is 4.98 Å². The molecular weight excluding hydrogens is 446 g/mol. The smallest absolute Gasteiger partial charge is 0.246 e. The number of imidazole rings is 1. The van der Waals surface area contributed by atoms with Gasteiger partial charge in [-0.3, -0.25) is 14.7 Å². The number of carbonyl (C=O) groups is 1. The maximum atomic E-state index is 13.1. The number of hydrogen-bond acceptors (Lipinski definition) is 4. The number of nitrogens with one attached hydrogen (secondary N) is 2. The maximum Gasteiger partial charge on any atom is 0.246 e. The van der Waals surface area contributed by atoms with Crippen LogP contribution >= 0.6 is 12.2 Å². The third-order valence-corrected chi connectivity index (χ3v) is 5.76. The summed E-state index contributed by atoms with van der Waals surface area (Å²) in [5.74, 6) is 1.06. The van der Waals surface area contributed by atoms with E-state index in [1.807, 2.05) is 91.0 Å². The molecule has 0 unspecified atom stereocenters. The molecule has 34 heavy (non-hydrogen) atoms. The Morgan fingerprint density at radius 1 is 1.21 bits per heavy atom. The van der Waals surface area contributed by atoms with Gasteiger partial charge < -0.3 is 15.0 Å². The van der Waals surface area contributed by atoms with Crippen molar-refractivity contribution in [2.24, 2.45) is 0 Å². The second-order valence-corrected chi connectivity index (χ2v) is 9.01. The zero-order valence-electron chi connectivity index (χ0n) is 19.8. The summed E-state index contributed by atoms with van der Waals surface area (Å²) in [5.41, 5.74) is 2.60. The van der Waals surface area contributed by atoms with Crippen molar-refractivity contribution in [2.75, 3.05) is 18.5 Å². The van der Waals surface area contributed by atoms with Crippen molar-refractivity contribution in [3.8, 4) is 22.7 Å². The van der Waals surface area contributed by atoms with Gasteiger partial charge >= 0.3 is 0 Å². The van der Waals surface area contributed by atoms with Gasteiger partial charge in [0.2, 0.25) is 11.9 Å². The van der Waals surface area contributed by atoms with Crippen molar-refractivity contribution < 1.29 is 9.53 Å². The van der Waals surface area contributed by atoms with Gasteiger partial charge in [0.25, 0.3) is 0 Å². The van der Waals surface area contributed by atoms with Crippen LogP contribution in [-0.4, -0.2) is 50.7 Å². The lowest BCUT2D eigenvalue weighted by atomic mass is 10.2. The Kier molecular flexibility index (Phi) is 7.47. The van der Waals surface area contributed by atoms with E-state index in [0.717, 1.165) is 35.5 Å². The number of nitrogens with zero attached hydrogens (tertiary/aromatic N) is 3. The van der Waals surface area contributed by atoms with Crippen LogP contribution in [0.1, 0.15) is 33.6 Å². The highest BCUT2D eigenvalue weighted by Gasteiger charge is 2.32. The van der Waals surface area contributed by atoms with E-state index in [0.29, 0.717) is 23.7 Å². The van der Waals surface area contributed by atoms with Crippen molar-refractivity contribution >= 4 is 29.2 Å². The molecule has 1 amide bonds. The highest BCUT2D eigenvalue weighted by Crippen LogP contribution is 2.28. The third-order valence-electron chi connectivity index (χ3n) is 5.41. The molecule has 4 rings (SSSR count). The fourth-order valence-electron chi connectivity index (χ4n) is 3.70. The summed E-state index contributed by atoms with van der Waals surface area (Å²) < 4.78 is 7.56. The van der Waals surface area contributed by atoms with Crippen molar-refractivity contribution in [3.05, 3.63) is 60.8 Å². The summed E-state index contributed by atoms with van der Waals surface area (Å²) in [6.07, 6.45) is 4.02. The molecule has 1 heterocycles. The Morgan fingerprint density at radius 2 is 1.97 bits per heavy atom. The minimum absolute atomic E-state index is 0.160. The zero-order chi connectivity index (χ0) is 24.1. The molecule has 8 heteroatoms. The largest absolute Gasteiger partial charge is 0.494 e. The lowest BCUT2D eigenvalue weighted by molar-refractivity contribution is -0.116. The minimum atomic E-state index is -0.160. The Balaban J connectivity index is 1.61. The topological polar surface area (TPSA) is 71.4 Å². The molecule has 2 N–H and O–H groups in total. The van der Waals surface area contributed by atoms with Crippen LogP contribution in [0.5, 0.6) is 5.75 Å². The first-order valence-corrected chi connectivity index (χ1v) is 12.1. The fourth-order valence-corrected chi connectivity index (χ4v) is 4.15. The first-order valence-electron chi connectivity index (χ1n) is 11.7. The summed E-state index contributed by atoms with van der Waals surface area (Å²) in [5, 5.41) is 6.89. The van der Waals surface area contributed by atoms with E-state index in [1.165, 1.54) is 0 Å². The Labute approximate surface area is 206 Å². The number of carbonyl (C=O) groups excluding carboxylic acids is 1. The van der Waals surface area contributed by atoms with E-state index < -0.39 is 0 Å². The predicted octanol–water partition coefficient (Wildman–Crippen LogP) is 4.62. The van der Waals surface area contributed by atoms with Gasteiger partial charge in [0, 0.05) is 29.9 Å². The second-order valence-electron chi connectivity index (χ2n) is 8.63. The summed E-state index contributed by atoms with van der Waals surface area (Å²) in [4.78, 5) is 19.9. The van der Waals surface area contributed by atoms with Gasteiger partial charge in [-0.2, -0.15) is 0 Å². The number of aromatic nitrogens is 2. The number of amides is 1. The predicted molar refractivity (Wildman–Crippen MR) is 139 cm³/mol. The van der Waals surface area contributed by atoms with Crippen LogP contribution in [0.15, 0.2) is 60.8 Å². The normalized spacial score (nSPS) is 12.9. The van der Waals surface area contributed by atoms with Gasteiger partial charge in [0.1, 0.15) is 5.75 Å². The molecule has 1 aliphatic carbocycles. The first-order chi connectivity index (χ1) is 16.4. The molecule has 7 nitrogen and oxygen atoms in total. The van der Waals surface area contributed by atoms with E-state index in [-0.39, 0.29) is 18.5 Å². The van der Waals surface area contributed by atoms with Gasteiger partial charge in [-0.05, 0) is 58.0 Å². The Hall–Kier alpha value is -3.39. The molecule has 1 aliphatic rings. The number of hydrogen-bond donors (Lipinski definition) is 2. The lowest BCUT2D eigenvalue weighted by Crippen LogP contribution is -2.47. The quantitative estimate of drug-likeness (QED) is 0.438. The molecule has 0 saturated heterocycles. The fraction of sp³-hybridized carbons (Fsp3) is 0.346. The molecule has 178 valence electrons. The lowest BCUT2D eigenvalue weighted by Gasteiger charge is -2.26. The zero-order valence-corrected chi connectivity index (χ0v) is 20.6. The van der Waals surface area contributed by atoms with E-state index in [2.05, 4.69) is 10.6 Å². The monoisotopic (exact) mass is 477 g/mol. The molecule has 1 aromatic heterocycles. The molecule has 1 saturated carbocycles. The summed E-state index contributed by atoms with van der Waals surface area (Å²) in [6.45, 7) is 6.78. The van der Waals surface area contributed by atoms with E-state index in [9.17, 15) is 4.79 Å². The first kappa shape index (κ1) is 23.8. The maximum absolute atomic E-state index is 13.1. The molecule has 3 aromatic rings. The van der Waals surface area contributed by atoms with Gasteiger partial charge in [-0.15, -0.1) is 0 Å². The molecule has 0 aliphatic heterocycles. The average Bonchev–Trinajstić information content (AvgIpc) is 3.57. The van der Waals surface area contributed by atoms with Crippen molar-refractivity contribution in [1.29, 1.82) is 0 Å². The Morgan fingerprint density at radius 3 is 2.65 bits per heavy atom. The molecule has 0 bridgehead atoms. The van der Waals surface area contributed by atoms with Crippen molar-refractivity contribution in [1.82, 2.24) is 19.8 Å². The molecular formula is C26H31N5O2S. The number of thiocarbonyl (C=S) groups is 1. The van der Waals surface area contributed by atoms with Crippen LogP contribution in [0.25, 0.3) is 16.9 Å². The van der Waals surface area contributed by atoms with E-state index in [4.69, 9.17) is 21.9 Å². The SMILES string of the molecule is CCOc1cccc(-n2cc(-c3ccccc3)nc2NC(=O)CN(C(=S)NC(C)C)C2CC2)c1. The van der Waals surface area contributed by atoms with Crippen LogP contribution in [0.3, 0.4) is 0 Å². The van der Waals surface area contributed by atoms with Crippen LogP contribution in [0.2, 0.25) is 0 Å². The van der Waals surface area contributed by atoms with Crippen LogP contribution < -0.4 is 15.4 Å². The molecule has 2 aromatic carbocycles.